The molecule has 0 aliphatic heterocycles. The van der Waals surface area contributed by atoms with E-state index in [0.717, 1.165) is 11.3 Å². The molecule has 2 rings (SSSR count). The van der Waals surface area contributed by atoms with Crippen LogP contribution >= 0.6 is 0 Å². The standard InChI is InChI=1S/C16H17NO2.C2H6/c1-19-16(18)10-11-17-15-9-5-8-14(12-15)13-6-3-2-4-7-13;1-2/h2-9,12,17H,10-11H2,1H3;1-2H3. The first-order chi connectivity index (χ1) is 10.3. The van der Waals surface area contributed by atoms with Gasteiger partial charge in [0.25, 0.3) is 0 Å². The number of benzene rings is 2. The van der Waals surface area contributed by atoms with E-state index < -0.39 is 0 Å². The second-order valence-corrected chi connectivity index (χ2v) is 4.20. The zero-order valence-electron chi connectivity index (χ0n) is 12.9. The van der Waals surface area contributed by atoms with Gasteiger partial charge in [-0.05, 0) is 23.3 Å². The maximum Gasteiger partial charge on any atom is 0.307 e. The summed E-state index contributed by atoms with van der Waals surface area (Å²) in [6.07, 6.45) is 0.367. The average molecular weight is 285 g/mol. The number of rotatable bonds is 5. The molecule has 0 bridgehead atoms. The maximum atomic E-state index is 11.0. The van der Waals surface area contributed by atoms with E-state index in [1.807, 2.05) is 44.2 Å². The largest absolute Gasteiger partial charge is 0.469 e. The quantitative estimate of drug-likeness (QED) is 0.830. The maximum absolute atomic E-state index is 11.0. The Balaban J connectivity index is 0.00000106. The van der Waals surface area contributed by atoms with Crippen LogP contribution in [0.5, 0.6) is 0 Å². The number of esters is 1. The summed E-state index contributed by atoms with van der Waals surface area (Å²) in [5.41, 5.74) is 3.34. The number of ether oxygens (including phenoxy) is 1. The van der Waals surface area contributed by atoms with Gasteiger partial charge in [-0.15, -0.1) is 0 Å². The van der Waals surface area contributed by atoms with E-state index in [2.05, 4.69) is 34.3 Å². The lowest BCUT2D eigenvalue weighted by molar-refractivity contribution is -0.140. The minimum absolute atomic E-state index is 0.202. The number of carbonyl (C=O) groups excluding carboxylic acids is 1. The molecule has 0 radical (unpaired) electrons. The highest BCUT2D eigenvalue weighted by Crippen LogP contribution is 2.22. The lowest BCUT2D eigenvalue weighted by Gasteiger charge is -2.08. The van der Waals surface area contributed by atoms with Crippen molar-refractivity contribution < 1.29 is 9.53 Å². The molecule has 2 aromatic carbocycles. The van der Waals surface area contributed by atoms with Crippen molar-refractivity contribution in [1.29, 1.82) is 0 Å². The van der Waals surface area contributed by atoms with Crippen LogP contribution in [0.1, 0.15) is 20.3 Å². The molecule has 0 aromatic heterocycles. The Bertz CT molecular complexity index is 538. The van der Waals surface area contributed by atoms with Crippen LogP contribution in [0.4, 0.5) is 5.69 Å². The predicted octanol–water partition coefficient (Wildman–Crippen LogP) is 4.35. The smallest absolute Gasteiger partial charge is 0.307 e. The van der Waals surface area contributed by atoms with Crippen LogP contribution < -0.4 is 5.32 Å². The molecule has 2 aromatic rings. The van der Waals surface area contributed by atoms with Gasteiger partial charge in [-0.2, -0.15) is 0 Å². The number of nitrogens with one attached hydrogen (secondary N) is 1. The molecule has 3 nitrogen and oxygen atoms in total. The van der Waals surface area contributed by atoms with E-state index in [4.69, 9.17) is 0 Å². The normalized spacial score (nSPS) is 9.29. The van der Waals surface area contributed by atoms with E-state index in [1.165, 1.54) is 12.7 Å². The molecule has 0 saturated carbocycles. The summed E-state index contributed by atoms with van der Waals surface area (Å²) in [6.45, 7) is 4.57. The molecule has 0 aliphatic carbocycles. The third-order valence-corrected chi connectivity index (χ3v) is 2.86. The van der Waals surface area contributed by atoms with Gasteiger partial charge in [0.2, 0.25) is 0 Å². The zero-order chi connectivity index (χ0) is 15.5. The van der Waals surface area contributed by atoms with Crippen molar-refractivity contribution in [3.8, 4) is 11.1 Å². The lowest BCUT2D eigenvalue weighted by Crippen LogP contribution is -2.09. The second kappa shape index (κ2) is 9.59. The van der Waals surface area contributed by atoms with Crippen molar-refractivity contribution in [2.75, 3.05) is 19.0 Å². The fourth-order valence-corrected chi connectivity index (χ4v) is 1.85. The average Bonchev–Trinajstić information content (AvgIpc) is 2.57. The molecule has 21 heavy (non-hydrogen) atoms. The number of hydrogen-bond acceptors (Lipinski definition) is 3. The first-order valence-corrected chi connectivity index (χ1v) is 7.26. The number of methoxy groups -OCH3 is 1. The van der Waals surface area contributed by atoms with Crippen molar-refractivity contribution in [1.82, 2.24) is 0 Å². The molecule has 0 spiro atoms. The van der Waals surface area contributed by atoms with Gasteiger partial charge in [0.15, 0.2) is 0 Å². The van der Waals surface area contributed by atoms with E-state index in [9.17, 15) is 4.79 Å². The summed E-state index contributed by atoms with van der Waals surface area (Å²) in [6, 6.07) is 18.3. The van der Waals surface area contributed by atoms with E-state index in [-0.39, 0.29) is 5.97 Å². The van der Waals surface area contributed by atoms with E-state index in [0.29, 0.717) is 13.0 Å². The Morgan fingerprint density at radius 2 is 1.67 bits per heavy atom. The van der Waals surface area contributed by atoms with Crippen molar-refractivity contribution in [2.24, 2.45) is 0 Å². The Morgan fingerprint density at radius 3 is 2.33 bits per heavy atom. The van der Waals surface area contributed by atoms with Gasteiger partial charge in [-0.1, -0.05) is 56.3 Å². The number of hydrogen-bond donors (Lipinski definition) is 1. The number of anilines is 1. The minimum Gasteiger partial charge on any atom is -0.469 e. The molecule has 112 valence electrons. The van der Waals surface area contributed by atoms with Crippen molar-refractivity contribution in [3.05, 3.63) is 54.6 Å². The predicted molar refractivity (Wildman–Crippen MR) is 88.3 cm³/mol. The van der Waals surface area contributed by atoms with Crippen LogP contribution in [-0.2, 0) is 9.53 Å². The highest BCUT2D eigenvalue weighted by atomic mass is 16.5. The van der Waals surface area contributed by atoms with Crippen molar-refractivity contribution in [3.63, 3.8) is 0 Å². The fourth-order valence-electron chi connectivity index (χ4n) is 1.85. The van der Waals surface area contributed by atoms with Gasteiger partial charge in [-0.3, -0.25) is 4.79 Å². The van der Waals surface area contributed by atoms with E-state index in [1.54, 1.807) is 0 Å². The minimum atomic E-state index is -0.202. The topological polar surface area (TPSA) is 38.3 Å². The second-order valence-electron chi connectivity index (χ2n) is 4.20. The van der Waals surface area contributed by atoms with Gasteiger partial charge in [0.05, 0.1) is 13.5 Å². The van der Waals surface area contributed by atoms with Crippen LogP contribution in [0.25, 0.3) is 11.1 Å². The first kappa shape index (κ1) is 16.8. The molecular formula is C18H23NO2. The summed E-state index contributed by atoms with van der Waals surface area (Å²) in [4.78, 5) is 11.0. The van der Waals surface area contributed by atoms with Crippen LogP contribution in [0, 0.1) is 0 Å². The number of carbonyl (C=O) groups is 1. The third kappa shape index (κ3) is 5.69. The molecular weight excluding hydrogens is 262 g/mol. The third-order valence-electron chi connectivity index (χ3n) is 2.86. The molecule has 0 unspecified atom stereocenters. The zero-order valence-corrected chi connectivity index (χ0v) is 12.9. The summed E-state index contributed by atoms with van der Waals surface area (Å²) < 4.78 is 4.60. The molecule has 0 aliphatic rings. The summed E-state index contributed by atoms with van der Waals surface area (Å²) >= 11 is 0. The van der Waals surface area contributed by atoms with Crippen molar-refractivity contribution >= 4 is 11.7 Å². The highest BCUT2D eigenvalue weighted by molar-refractivity contribution is 5.71. The monoisotopic (exact) mass is 285 g/mol. The van der Waals surface area contributed by atoms with Crippen molar-refractivity contribution in [2.45, 2.75) is 20.3 Å². The van der Waals surface area contributed by atoms with Crippen LogP contribution in [-0.4, -0.2) is 19.6 Å². The summed E-state index contributed by atoms with van der Waals surface area (Å²) in [5.74, 6) is -0.202. The molecule has 0 heterocycles. The Hall–Kier alpha value is -2.29. The fraction of sp³-hybridized carbons (Fsp3) is 0.278. The summed E-state index contributed by atoms with van der Waals surface area (Å²) in [7, 11) is 1.40. The molecule has 0 atom stereocenters. The van der Waals surface area contributed by atoms with Crippen LogP contribution in [0.15, 0.2) is 54.6 Å². The molecule has 3 heteroatoms. The van der Waals surface area contributed by atoms with Gasteiger partial charge >= 0.3 is 5.97 Å². The summed E-state index contributed by atoms with van der Waals surface area (Å²) in [5, 5.41) is 3.22. The van der Waals surface area contributed by atoms with Gasteiger partial charge < -0.3 is 10.1 Å². The van der Waals surface area contributed by atoms with Gasteiger partial charge in [0.1, 0.15) is 0 Å². The lowest BCUT2D eigenvalue weighted by atomic mass is 10.1. The SMILES string of the molecule is CC.COC(=O)CCNc1cccc(-c2ccccc2)c1. The molecule has 0 saturated heterocycles. The van der Waals surface area contributed by atoms with Gasteiger partial charge in [0, 0.05) is 12.2 Å². The molecule has 0 fully saturated rings. The molecule has 1 N–H and O–H groups in total. The highest BCUT2D eigenvalue weighted by Gasteiger charge is 2.01. The Labute approximate surface area is 127 Å². The Morgan fingerprint density at radius 1 is 1.00 bits per heavy atom. The Kier molecular flexibility index (Phi) is 7.65. The van der Waals surface area contributed by atoms with E-state index >= 15 is 0 Å². The molecule has 0 amide bonds. The first-order valence-electron chi connectivity index (χ1n) is 7.26. The van der Waals surface area contributed by atoms with Crippen LogP contribution in [0.3, 0.4) is 0 Å². The van der Waals surface area contributed by atoms with Crippen LogP contribution in [0.2, 0.25) is 0 Å². The van der Waals surface area contributed by atoms with Gasteiger partial charge in [-0.25, -0.2) is 0 Å².